The van der Waals surface area contributed by atoms with Gasteiger partial charge in [-0.3, -0.25) is 0 Å². The predicted molar refractivity (Wildman–Crippen MR) is 140 cm³/mol. The zero-order chi connectivity index (χ0) is 23.2. The first-order chi connectivity index (χ1) is 14.5. The molecule has 0 heterocycles. The van der Waals surface area contributed by atoms with Gasteiger partial charge in [-0.05, 0) is 110 Å². The molecule has 0 spiro atoms. The van der Waals surface area contributed by atoms with E-state index < -0.39 is 0 Å². The van der Waals surface area contributed by atoms with Crippen molar-refractivity contribution in [2.24, 2.45) is 23.2 Å². The molecule has 0 N–H and O–H groups in total. The van der Waals surface area contributed by atoms with Gasteiger partial charge in [-0.25, -0.2) is 0 Å². The molecule has 178 valence electrons. The molecule has 0 radical (unpaired) electrons. The molecule has 0 saturated carbocycles. The first-order valence-electron chi connectivity index (χ1n) is 13.6. The van der Waals surface area contributed by atoms with Crippen molar-refractivity contribution in [1.29, 1.82) is 0 Å². The van der Waals surface area contributed by atoms with E-state index in [2.05, 4.69) is 62.3 Å². The van der Waals surface area contributed by atoms with Crippen molar-refractivity contribution in [3.8, 4) is 0 Å². The van der Waals surface area contributed by atoms with Crippen LogP contribution in [0, 0.1) is 50.9 Å². The second-order valence-corrected chi connectivity index (χ2v) is 12.3. The van der Waals surface area contributed by atoms with Crippen LogP contribution in [0.15, 0.2) is 0 Å². The Labute approximate surface area is 196 Å². The van der Waals surface area contributed by atoms with Crippen LogP contribution in [0.2, 0.25) is 0 Å². The lowest BCUT2D eigenvalue weighted by Crippen LogP contribution is -2.28. The van der Waals surface area contributed by atoms with Crippen molar-refractivity contribution in [2.45, 2.75) is 139 Å². The second-order valence-electron chi connectivity index (χ2n) is 12.3. The molecule has 2 rings (SSSR count). The summed E-state index contributed by atoms with van der Waals surface area (Å²) in [6.45, 7) is 21.6. The molecule has 0 aromatic heterocycles. The van der Waals surface area contributed by atoms with Crippen LogP contribution in [0.4, 0.5) is 0 Å². The summed E-state index contributed by atoms with van der Waals surface area (Å²) in [6, 6.07) is 0. The molecule has 0 saturated heterocycles. The highest BCUT2D eigenvalue weighted by Gasteiger charge is 2.32. The molecule has 1 aromatic rings. The first-order valence-corrected chi connectivity index (χ1v) is 13.6. The lowest BCUT2D eigenvalue weighted by atomic mass is 9.67. The Hall–Kier alpha value is -0.780. The maximum atomic E-state index is 2.57. The summed E-state index contributed by atoms with van der Waals surface area (Å²) in [4.78, 5) is 0. The first kappa shape index (κ1) is 26.5. The van der Waals surface area contributed by atoms with Crippen molar-refractivity contribution in [3.05, 3.63) is 33.4 Å². The van der Waals surface area contributed by atoms with Gasteiger partial charge in [0.2, 0.25) is 0 Å². The molecule has 0 fully saturated rings. The number of hydrogen-bond donors (Lipinski definition) is 0. The lowest BCUT2D eigenvalue weighted by molar-refractivity contribution is 0.238. The van der Waals surface area contributed by atoms with E-state index in [1.54, 1.807) is 22.3 Å². The minimum absolute atomic E-state index is 0.510. The smallest absolute Gasteiger partial charge is 0.0219 e. The van der Waals surface area contributed by atoms with Crippen LogP contribution < -0.4 is 0 Å². The van der Waals surface area contributed by atoms with Crippen LogP contribution in [-0.4, -0.2) is 0 Å². The zero-order valence-corrected chi connectivity index (χ0v) is 22.7. The number of benzene rings is 1. The molecule has 1 aromatic carbocycles. The van der Waals surface area contributed by atoms with Crippen LogP contribution >= 0.6 is 0 Å². The highest BCUT2D eigenvalue weighted by Crippen LogP contribution is 2.43. The third kappa shape index (κ3) is 7.64. The van der Waals surface area contributed by atoms with Gasteiger partial charge in [0.05, 0.1) is 0 Å². The van der Waals surface area contributed by atoms with E-state index in [1.165, 1.54) is 88.2 Å². The molecule has 0 unspecified atom stereocenters. The van der Waals surface area contributed by atoms with E-state index >= 15 is 0 Å². The maximum absolute atomic E-state index is 2.57. The van der Waals surface area contributed by atoms with Gasteiger partial charge < -0.3 is 0 Å². The zero-order valence-electron chi connectivity index (χ0n) is 22.7. The Morgan fingerprint density at radius 1 is 0.645 bits per heavy atom. The second kappa shape index (κ2) is 11.9. The van der Waals surface area contributed by atoms with Crippen LogP contribution in [0.25, 0.3) is 0 Å². The van der Waals surface area contributed by atoms with E-state index in [0.717, 1.165) is 17.8 Å². The minimum Gasteiger partial charge on any atom is -0.0628 e. The average Bonchev–Trinajstić information content (AvgIpc) is 2.70. The van der Waals surface area contributed by atoms with Gasteiger partial charge in [-0.1, -0.05) is 86.0 Å². The van der Waals surface area contributed by atoms with Crippen LogP contribution in [-0.2, 0) is 12.8 Å². The van der Waals surface area contributed by atoms with Gasteiger partial charge in [0.1, 0.15) is 0 Å². The van der Waals surface area contributed by atoms with Crippen LogP contribution in [0.5, 0.6) is 0 Å². The Morgan fingerprint density at radius 3 is 1.68 bits per heavy atom. The van der Waals surface area contributed by atoms with E-state index in [-0.39, 0.29) is 0 Å². The fourth-order valence-electron chi connectivity index (χ4n) is 6.06. The predicted octanol–water partition coefficient (Wildman–Crippen LogP) is 9.85. The molecule has 1 aliphatic rings. The quantitative estimate of drug-likeness (QED) is 0.312. The number of rotatable bonds is 12. The molecule has 0 heteroatoms. The van der Waals surface area contributed by atoms with E-state index in [0.29, 0.717) is 5.41 Å². The summed E-state index contributed by atoms with van der Waals surface area (Å²) < 4.78 is 0. The molecule has 3 atom stereocenters. The third-order valence-corrected chi connectivity index (χ3v) is 8.89. The number of hydrogen-bond acceptors (Lipinski definition) is 0. The van der Waals surface area contributed by atoms with Crippen LogP contribution in [0.3, 0.4) is 0 Å². The fourth-order valence-corrected chi connectivity index (χ4v) is 6.06. The largest absolute Gasteiger partial charge is 0.0628 e. The van der Waals surface area contributed by atoms with Crippen molar-refractivity contribution in [1.82, 2.24) is 0 Å². The Balaban J connectivity index is 1.74. The van der Waals surface area contributed by atoms with E-state index in [1.807, 2.05) is 0 Å². The summed E-state index contributed by atoms with van der Waals surface area (Å²) in [5.41, 5.74) is 10.1. The maximum Gasteiger partial charge on any atom is -0.0219 e. The van der Waals surface area contributed by atoms with Gasteiger partial charge in [0, 0.05) is 0 Å². The summed E-state index contributed by atoms with van der Waals surface area (Å²) in [7, 11) is 0. The molecular formula is C31H54. The van der Waals surface area contributed by atoms with Gasteiger partial charge >= 0.3 is 0 Å². The molecular weight excluding hydrogens is 372 g/mol. The van der Waals surface area contributed by atoms with Crippen molar-refractivity contribution >= 4 is 0 Å². The normalized spacial score (nSPS) is 20.7. The van der Waals surface area contributed by atoms with Crippen molar-refractivity contribution in [2.75, 3.05) is 0 Å². The van der Waals surface area contributed by atoms with Crippen molar-refractivity contribution < 1.29 is 0 Å². The van der Waals surface area contributed by atoms with Gasteiger partial charge in [0.15, 0.2) is 0 Å². The molecule has 0 amide bonds. The standard InChI is InChI=1S/C31H54/c1-22(2)13-10-14-23(3)15-11-16-24(4)17-12-19-31(9)20-18-29-27(7)25(5)26(6)28(8)30(29)21-31/h22-24H,10-21H2,1-9H3/t23-,24-,31-/m1/s1. The fraction of sp³-hybridized carbons (Fsp3) is 0.806. The molecule has 0 nitrogen and oxygen atoms in total. The molecule has 0 aliphatic heterocycles. The molecule has 31 heavy (non-hydrogen) atoms. The summed E-state index contributed by atoms with van der Waals surface area (Å²) in [5.74, 6) is 2.69. The average molecular weight is 427 g/mol. The number of fused-ring (bicyclic) bond motifs is 1. The summed E-state index contributed by atoms with van der Waals surface area (Å²) in [6.07, 6.45) is 16.8. The summed E-state index contributed by atoms with van der Waals surface area (Å²) >= 11 is 0. The summed E-state index contributed by atoms with van der Waals surface area (Å²) in [5, 5.41) is 0. The van der Waals surface area contributed by atoms with Gasteiger partial charge in [-0.2, -0.15) is 0 Å². The molecule has 1 aliphatic carbocycles. The van der Waals surface area contributed by atoms with Gasteiger partial charge in [-0.15, -0.1) is 0 Å². The SMILES string of the molecule is Cc1c(C)c(C)c2c(c1C)CC[C@@](C)(CCC[C@H](C)CCC[C@H](C)CCCC(C)C)C2. The Morgan fingerprint density at radius 2 is 1.13 bits per heavy atom. The topological polar surface area (TPSA) is 0 Å². The third-order valence-electron chi connectivity index (χ3n) is 8.89. The monoisotopic (exact) mass is 426 g/mol. The highest BCUT2D eigenvalue weighted by molar-refractivity contribution is 5.51. The highest BCUT2D eigenvalue weighted by atomic mass is 14.4. The Bertz CT molecular complexity index is 695. The lowest BCUT2D eigenvalue weighted by Gasteiger charge is -2.38. The van der Waals surface area contributed by atoms with Crippen molar-refractivity contribution in [3.63, 3.8) is 0 Å². The Kier molecular flexibility index (Phi) is 10.2. The molecule has 0 bridgehead atoms. The van der Waals surface area contributed by atoms with Gasteiger partial charge in [0.25, 0.3) is 0 Å². The van der Waals surface area contributed by atoms with E-state index in [4.69, 9.17) is 0 Å². The van der Waals surface area contributed by atoms with E-state index in [9.17, 15) is 0 Å². The van der Waals surface area contributed by atoms with Crippen LogP contribution in [0.1, 0.15) is 132 Å². The minimum atomic E-state index is 0.510.